The number of Topliss-reactive ketones (excluding diaryl/α,β-unsaturated/α-hetero) is 1. The summed E-state index contributed by atoms with van der Waals surface area (Å²) in [6.45, 7) is 23.4. The first-order valence-electron chi connectivity index (χ1n) is 22.5. The predicted octanol–water partition coefficient (Wildman–Crippen LogP) is 7.75. The van der Waals surface area contributed by atoms with Gasteiger partial charge in [-0.05, 0) is 134 Å². The van der Waals surface area contributed by atoms with Crippen LogP contribution in [0.15, 0.2) is 35.8 Å². The smallest absolute Gasteiger partial charge is 0.309 e. The van der Waals surface area contributed by atoms with Gasteiger partial charge in [0.1, 0.15) is 17.2 Å². The minimum absolute atomic E-state index is 0.00237. The van der Waals surface area contributed by atoms with Gasteiger partial charge < -0.3 is 20.5 Å². The number of fused-ring (bicyclic) bond motifs is 8. The Morgan fingerprint density at radius 3 is 2.28 bits per heavy atom. The maximum atomic E-state index is 14.5. The van der Waals surface area contributed by atoms with Gasteiger partial charge in [-0.1, -0.05) is 62.3 Å². The molecule has 8 rings (SSSR count). The van der Waals surface area contributed by atoms with Crippen molar-refractivity contribution in [2.75, 3.05) is 0 Å². The number of aromatic nitrogens is 3. The fourth-order valence-corrected chi connectivity index (χ4v) is 14.7. The van der Waals surface area contributed by atoms with Gasteiger partial charge in [0.2, 0.25) is 5.91 Å². The Balaban J connectivity index is 1.04. The molecule has 5 saturated carbocycles. The number of allylic oxidation sites excluding steroid dienone is 1. The van der Waals surface area contributed by atoms with Crippen LogP contribution in [0.4, 0.5) is 0 Å². The Hall–Kier alpha value is -4.09. The van der Waals surface area contributed by atoms with E-state index in [4.69, 9.17) is 4.74 Å². The number of aliphatic carboxylic acids is 1. The predicted molar refractivity (Wildman–Crippen MR) is 225 cm³/mol. The number of carboxylic acids is 1. The number of rotatable bonds is 8. The summed E-state index contributed by atoms with van der Waals surface area (Å²) in [7, 11) is 0. The Kier molecular flexibility index (Phi) is 9.73. The molecule has 60 heavy (non-hydrogen) atoms. The molecule has 326 valence electrons. The van der Waals surface area contributed by atoms with Gasteiger partial charge in [-0.2, -0.15) is 5.10 Å². The molecule has 5 fully saturated rings. The highest BCUT2D eigenvalue weighted by Gasteiger charge is 2.71. The number of carboxylic acid groups (broad SMARTS) is 1. The summed E-state index contributed by atoms with van der Waals surface area (Å²) < 4.78 is 7.94. The maximum absolute atomic E-state index is 14.5. The van der Waals surface area contributed by atoms with Gasteiger partial charge in [-0.3, -0.25) is 24.0 Å². The monoisotopic (exact) mass is 826 g/mol. The number of hydrogen-bond acceptors (Lipinski definition) is 8. The highest BCUT2D eigenvalue weighted by molar-refractivity contribution is 6.05. The zero-order valence-corrected chi connectivity index (χ0v) is 37.7. The van der Waals surface area contributed by atoms with E-state index in [1.807, 2.05) is 13.8 Å². The third kappa shape index (κ3) is 5.90. The van der Waals surface area contributed by atoms with Crippen LogP contribution < -0.4 is 10.6 Å². The fourth-order valence-electron chi connectivity index (χ4n) is 14.7. The number of nitrogens with zero attached hydrogens (tertiary/aromatic N) is 3. The van der Waals surface area contributed by atoms with E-state index in [1.54, 1.807) is 32.3 Å². The highest BCUT2D eigenvalue weighted by atomic mass is 16.5. The van der Waals surface area contributed by atoms with E-state index in [0.717, 1.165) is 56.1 Å². The van der Waals surface area contributed by atoms with E-state index in [9.17, 15) is 29.1 Å². The summed E-state index contributed by atoms with van der Waals surface area (Å²) in [6.07, 6.45) is 12.3. The molecule has 12 heteroatoms. The number of ether oxygens (including phenoxy) is 1. The summed E-state index contributed by atoms with van der Waals surface area (Å²) in [6, 6.07) is 1.73. The third-order valence-electron chi connectivity index (χ3n) is 18.3. The first-order chi connectivity index (χ1) is 27.9. The molecule has 0 aliphatic heterocycles. The molecule has 0 radical (unpaired) electrons. The molecule has 10 atom stereocenters. The molecule has 0 saturated heterocycles. The summed E-state index contributed by atoms with van der Waals surface area (Å²) in [5.41, 5.74) is -0.461. The van der Waals surface area contributed by atoms with Gasteiger partial charge in [0.25, 0.3) is 5.91 Å². The van der Waals surface area contributed by atoms with Crippen LogP contribution in [-0.4, -0.2) is 66.4 Å². The highest BCUT2D eigenvalue weighted by Crippen LogP contribution is 2.76. The lowest BCUT2D eigenvalue weighted by molar-refractivity contribution is -0.235. The zero-order chi connectivity index (χ0) is 43.7. The number of nitrogens with one attached hydrogen (secondary N) is 2. The van der Waals surface area contributed by atoms with Gasteiger partial charge in [0.05, 0.1) is 23.6 Å². The van der Waals surface area contributed by atoms with Crippen molar-refractivity contribution >= 4 is 35.2 Å². The van der Waals surface area contributed by atoms with Crippen LogP contribution in [0.3, 0.4) is 0 Å². The number of carbonyl (C=O) groups excluding carboxylic acids is 4. The van der Waals surface area contributed by atoms with Crippen molar-refractivity contribution in [3.8, 4) is 0 Å². The molecule has 2 amide bonds. The van der Waals surface area contributed by atoms with Crippen molar-refractivity contribution in [2.24, 2.45) is 62.6 Å². The van der Waals surface area contributed by atoms with Crippen molar-refractivity contribution in [3.05, 3.63) is 41.4 Å². The first-order valence-corrected chi connectivity index (χ1v) is 22.5. The molecule has 6 aliphatic carbocycles. The molecule has 0 spiro atoms. The minimum Gasteiger partial charge on any atom is -0.481 e. The zero-order valence-electron chi connectivity index (χ0n) is 37.7. The first kappa shape index (κ1) is 42.6. The third-order valence-corrected chi connectivity index (χ3v) is 18.3. The Morgan fingerprint density at radius 2 is 1.62 bits per heavy atom. The average Bonchev–Trinajstić information content (AvgIpc) is 3.71. The van der Waals surface area contributed by atoms with Gasteiger partial charge in [0.15, 0.2) is 11.4 Å². The molecule has 0 unspecified atom stereocenters. The van der Waals surface area contributed by atoms with Crippen LogP contribution in [0.25, 0.3) is 5.65 Å². The molecule has 6 aliphatic rings. The van der Waals surface area contributed by atoms with Crippen molar-refractivity contribution in [3.63, 3.8) is 0 Å². The SMILES string of the molecule is CC(C)C1=C2[C@H]3CC[C@H]4[C@]5(C)CC[C@H](OC(=O)[C@H]6C[C@@H](C(=O)O)C6(C)C)C(C)(C)[C@H]5CC[C@]4(C)[C@@]3(C)CC[C@]2(NC(=O)C(C)(C)NC(=O)c2cnn3cccnc23)CC1=O. The number of hydrogen-bond donors (Lipinski definition) is 3. The van der Waals surface area contributed by atoms with Crippen LogP contribution in [0, 0.1) is 62.6 Å². The lowest BCUT2D eigenvalue weighted by atomic mass is 9.33. The van der Waals surface area contributed by atoms with Crippen molar-refractivity contribution in [2.45, 2.75) is 158 Å². The quantitative estimate of drug-likeness (QED) is 0.226. The minimum atomic E-state index is -1.30. The molecule has 0 bridgehead atoms. The van der Waals surface area contributed by atoms with Crippen molar-refractivity contribution < 1.29 is 33.8 Å². The van der Waals surface area contributed by atoms with E-state index < -0.39 is 40.2 Å². The van der Waals surface area contributed by atoms with Crippen LogP contribution >= 0.6 is 0 Å². The van der Waals surface area contributed by atoms with Gasteiger partial charge in [-0.25, -0.2) is 9.50 Å². The van der Waals surface area contributed by atoms with E-state index >= 15 is 0 Å². The van der Waals surface area contributed by atoms with Crippen molar-refractivity contribution in [1.29, 1.82) is 0 Å². The van der Waals surface area contributed by atoms with E-state index in [2.05, 4.69) is 69.2 Å². The molecule has 3 N–H and O–H groups in total. The molecule has 2 aromatic heterocycles. The van der Waals surface area contributed by atoms with Crippen LogP contribution in [0.2, 0.25) is 0 Å². The summed E-state index contributed by atoms with van der Waals surface area (Å²) >= 11 is 0. The Labute approximate surface area is 354 Å². The maximum Gasteiger partial charge on any atom is 0.309 e. The number of ketones is 1. The van der Waals surface area contributed by atoms with E-state index in [0.29, 0.717) is 30.3 Å². The van der Waals surface area contributed by atoms with E-state index in [-0.39, 0.29) is 69.2 Å². The van der Waals surface area contributed by atoms with E-state index in [1.165, 1.54) is 10.7 Å². The van der Waals surface area contributed by atoms with Gasteiger partial charge >= 0.3 is 11.9 Å². The fraction of sp³-hybridized carbons (Fsp3) is 0.729. The molecular formula is C48H67N5O7. The second-order valence-corrected chi connectivity index (χ2v) is 22.5. The second kappa shape index (κ2) is 13.7. The number of carbonyl (C=O) groups is 5. The second-order valence-electron chi connectivity index (χ2n) is 22.5. The van der Waals surface area contributed by atoms with Gasteiger partial charge in [-0.15, -0.1) is 0 Å². The lowest BCUT2D eigenvalue weighted by Crippen LogP contribution is -2.68. The van der Waals surface area contributed by atoms with Gasteiger partial charge in [0, 0.05) is 24.2 Å². The Morgan fingerprint density at radius 1 is 0.900 bits per heavy atom. The topological polar surface area (TPSA) is 169 Å². The Bertz CT molecular complexity index is 2200. The summed E-state index contributed by atoms with van der Waals surface area (Å²) in [4.78, 5) is 72.1. The van der Waals surface area contributed by atoms with Crippen LogP contribution in [0.1, 0.15) is 151 Å². The van der Waals surface area contributed by atoms with Crippen LogP contribution in [0.5, 0.6) is 0 Å². The molecule has 0 aromatic carbocycles. The lowest BCUT2D eigenvalue weighted by Gasteiger charge is -2.72. The standard InChI is InChI=1S/C48H67N5O7/c1-26(2)35-31(54)24-48(52-41(59)44(7,8)51-38(55)27-25-50-53-22-12-21-49-37(27)53)20-19-46(10)28(36(35)48)13-14-33-45(9)17-16-34(43(5,6)32(45)15-18-47(33,46)11)60-40(58)30-23-29(39(56)57)42(30,3)4/h12,21-22,25-26,28-30,32-34H,13-20,23-24H2,1-11H3,(H,51,55)(H,52,59)(H,56,57)/t28-,29+,30-,32-,33+,34+,45-,46+,47+,48+/m1/s1. The largest absolute Gasteiger partial charge is 0.481 e. The normalized spacial score (nSPS) is 37.9. The van der Waals surface area contributed by atoms with Crippen molar-refractivity contribution in [1.82, 2.24) is 25.2 Å². The summed E-state index contributed by atoms with van der Waals surface area (Å²) in [5, 5.41) is 20.3. The average molecular weight is 826 g/mol. The molecule has 12 nitrogen and oxygen atoms in total. The number of amides is 2. The molecule has 2 heterocycles. The summed E-state index contributed by atoms with van der Waals surface area (Å²) in [5.74, 6) is -1.81. The van der Waals surface area contributed by atoms with Crippen LogP contribution in [-0.2, 0) is 23.9 Å². The molecular weight excluding hydrogens is 759 g/mol. The molecule has 2 aromatic rings. The number of esters is 1.